The van der Waals surface area contributed by atoms with Crippen molar-refractivity contribution in [2.75, 3.05) is 19.6 Å². The van der Waals surface area contributed by atoms with Gasteiger partial charge in [-0.3, -0.25) is 9.78 Å². The number of likely N-dealkylation sites (N-methyl/N-ethyl adjacent to an activating group) is 1. The molecule has 2 heterocycles. The second-order valence-electron chi connectivity index (χ2n) is 4.84. The molecule has 1 N–H and O–H groups in total. The predicted octanol–water partition coefficient (Wildman–Crippen LogP) is 1.60. The maximum atomic E-state index is 12.5. The molecule has 0 spiro atoms. The predicted molar refractivity (Wildman–Crippen MR) is 71.6 cm³/mol. The van der Waals surface area contributed by atoms with Gasteiger partial charge in [-0.1, -0.05) is 0 Å². The first-order valence-electron chi connectivity index (χ1n) is 6.65. The molecule has 0 bridgehead atoms. The van der Waals surface area contributed by atoms with Crippen molar-refractivity contribution in [2.45, 2.75) is 32.7 Å². The molecule has 1 amide bonds. The quantitative estimate of drug-likeness (QED) is 0.882. The lowest BCUT2D eigenvalue weighted by Crippen LogP contribution is -2.48. The first-order chi connectivity index (χ1) is 8.72. The molecule has 0 radical (unpaired) electrons. The van der Waals surface area contributed by atoms with E-state index >= 15 is 0 Å². The summed E-state index contributed by atoms with van der Waals surface area (Å²) in [5.41, 5.74) is 1.72. The lowest BCUT2D eigenvalue weighted by Gasteiger charge is -2.34. The molecule has 1 aromatic rings. The number of pyridine rings is 1. The third-order valence-electron chi connectivity index (χ3n) is 3.44. The van der Waals surface area contributed by atoms with E-state index in [4.69, 9.17) is 0 Å². The van der Waals surface area contributed by atoms with Crippen LogP contribution in [0.5, 0.6) is 0 Å². The zero-order chi connectivity index (χ0) is 13.0. The van der Waals surface area contributed by atoms with Gasteiger partial charge in [0.05, 0.1) is 5.56 Å². The molecular formula is C14H21N3O. The molecule has 1 atom stereocenters. The molecule has 18 heavy (non-hydrogen) atoms. The highest BCUT2D eigenvalue weighted by Gasteiger charge is 2.24. The van der Waals surface area contributed by atoms with Gasteiger partial charge in [-0.15, -0.1) is 0 Å². The molecule has 4 nitrogen and oxygen atoms in total. The molecule has 1 aliphatic heterocycles. The zero-order valence-electron chi connectivity index (χ0n) is 11.1. The van der Waals surface area contributed by atoms with E-state index in [1.54, 1.807) is 12.4 Å². The highest BCUT2D eigenvalue weighted by molar-refractivity contribution is 5.94. The minimum atomic E-state index is 0.0994. The van der Waals surface area contributed by atoms with Gasteiger partial charge in [0, 0.05) is 31.5 Å². The number of rotatable bonds is 3. The van der Waals surface area contributed by atoms with Crippen LogP contribution in [0.1, 0.15) is 35.7 Å². The average molecular weight is 247 g/mol. The van der Waals surface area contributed by atoms with Crippen molar-refractivity contribution in [3.8, 4) is 0 Å². The van der Waals surface area contributed by atoms with E-state index in [-0.39, 0.29) is 5.91 Å². The Morgan fingerprint density at radius 3 is 3.00 bits per heavy atom. The first-order valence-corrected chi connectivity index (χ1v) is 6.65. The Balaban J connectivity index is 2.14. The van der Waals surface area contributed by atoms with Gasteiger partial charge in [0.2, 0.25) is 0 Å². The van der Waals surface area contributed by atoms with Gasteiger partial charge in [0.25, 0.3) is 5.91 Å². The largest absolute Gasteiger partial charge is 0.335 e. The van der Waals surface area contributed by atoms with E-state index in [1.807, 2.05) is 24.8 Å². The number of nitrogens with zero attached hydrogens (tertiary/aromatic N) is 2. The van der Waals surface area contributed by atoms with E-state index in [1.165, 1.54) is 0 Å². The van der Waals surface area contributed by atoms with Crippen LogP contribution in [0.15, 0.2) is 18.5 Å². The molecule has 1 fully saturated rings. The van der Waals surface area contributed by atoms with Crippen molar-refractivity contribution >= 4 is 5.91 Å². The fourth-order valence-corrected chi connectivity index (χ4v) is 2.50. The third-order valence-corrected chi connectivity index (χ3v) is 3.44. The highest BCUT2D eigenvalue weighted by atomic mass is 16.2. The SMILES string of the molecule is CCN(C(=O)c1cncc(C)c1)C1CCCNC1. The normalized spacial score (nSPS) is 19.6. The van der Waals surface area contributed by atoms with Gasteiger partial charge < -0.3 is 10.2 Å². The van der Waals surface area contributed by atoms with Crippen molar-refractivity contribution in [3.63, 3.8) is 0 Å². The van der Waals surface area contributed by atoms with Gasteiger partial charge in [0.1, 0.15) is 0 Å². The summed E-state index contributed by atoms with van der Waals surface area (Å²) in [4.78, 5) is 18.6. The Morgan fingerprint density at radius 2 is 2.39 bits per heavy atom. The zero-order valence-corrected chi connectivity index (χ0v) is 11.1. The second kappa shape index (κ2) is 5.96. The number of nitrogens with one attached hydrogen (secondary N) is 1. The minimum absolute atomic E-state index is 0.0994. The van der Waals surface area contributed by atoms with Crippen LogP contribution < -0.4 is 5.32 Å². The smallest absolute Gasteiger partial charge is 0.255 e. The van der Waals surface area contributed by atoms with Crippen molar-refractivity contribution in [2.24, 2.45) is 0 Å². The average Bonchev–Trinajstić information content (AvgIpc) is 2.41. The Morgan fingerprint density at radius 1 is 1.56 bits per heavy atom. The number of aryl methyl sites for hydroxylation is 1. The third kappa shape index (κ3) is 2.88. The van der Waals surface area contributed by atoms with Crippen LogP contribution in [0.25, 0.3) is 0 Å². The van der Waals surface area contributed by atoms with Crippen LogP contribution in [-0.4, -0.2) is 41.5 Å². The fraction of sp³-hybridized carbons (Fsp3) is 0.571. The van der Waals surface area contributed by atoms with Gasteiger partial charge >= 0.3 is 0 Å². The standard InChI is InChI=1S/C14H21N3O/c1-3-17(13-5-4-6-15-10-13)14(18)12-7-11(2)8-16-9-12/h7-9,13,15H,3-6,10H2,1-2H3. The van der Waals surface area contributed by atoms with Crippen LogP contribution >= 0.6 is 0 Å². The van der Waals surface area contributed by atoms with Gasteiger partial charge in [0.15, 0.2) is 0 Å². The van der Waals surface area contributed by atoms with E-state index < -0.39 is 0 Å². The molecule has 98 valence electrons. The summed E-state index contributed by atoms with van der Waals surface area (Å²) in [5, 5.41) is 3.36. The molecule has 0 saturated carbocycles. The van der Waals surface area contributed by atoms with Crippen molar-refractivity contribution in [1.82, 2.24) is 15.2 Å². The molecule has 0 aromatic carbocycles. The summed E-state index contributed by atoms with van der Waals surface area (Å²) in [6.45, 7) is 6.71. The lowest BCUT2D eigenvalue weighted by molar-refractivity contribution is 0.0661. The topological polar surface area (TPSA) is 45.2 Å². The van der Waals surface area contributed by atoms with Gasteiger partial charge in [-0.05, 0) is 44.9 Å². The van der Waals surface area contributed by atoms with Crippen LogP contribution in [-0.2, 0) is 0 Å². The summed E-state index contributed by atoms with van der Waals surface area (Å²) in [7, 11) is 0. The number of carbonyl (C=O) groups is 1. The van der Waals surface area contributed by atoms with Crippen LogP contribution in [0.2, 0.25) is 0 Å². The fourth-order valence-electron chi connectivity index (χ4n) is 2.50. The van der Waals surface area contributed by atoms with Crippen LogP contribution in [0.3, 0.4) is 0 Å². The van der Waals surface area contributed by atoms with E-state index in [2.05, 4.69) is 10.3 Å². The highest BCUT2D eigenvalue weighted by Crippen LogP contribution is 2.14. The molecule has 1 aliphatic rings. The lowest BCUT2D eigenvalue weighted by atomic mass is 10.0. The van der Waals surface area contributed by atoms with E-state index in [0.29, 0.717) is 11.6 Å². The molecule has 2 rings (SSSR count). The summed E-state index contributed by atoms with van der Waals surface area (Å²) in [5.74, 6) is 0.0994. The molecule has 4 heteroatoms. The molecule has 0 aliphatic carbocycles. The Kier molecular flexibility index (Phi) is 4.31. The van der Waals surface area contributed by atoms with Crippen molar-refractivity contribution < 1.29 is 4.79 Å². The number of hydrogen-bond acceptors (Lipinski definition) is 3. The van der Waals surface area contributed by atoms with Gasteiger partial charge in [-0.2, -0.15) is 0 Å². The number of amides is 1. The minimum Gasteiger partial charge on any atom is -0.335 e. The van der Waals surface area contributed by atoms with Crippen LogP contribution in [0.4, 0.5) is 0 Å². The van der Waals surface area contributed by atoms with Crippen molar-refractivity contribution in [3.05, 3.63) is 29.6 Å². The maximum absolute atomic E-state index is 12.5. The second-order valence-corrected chi connectivity index (χ2v) is 4.84. The summed E-state index contributed by atoms with van der Waals surface area (Å²) >= 11 is 0. The van der Waals surface area contributed by atoms with E-state index in [0.717, 1.165) is 38.0 Å². The maximum Gasteiger partial charge on any atom is 0.255 e. The Bertz CT molecular complexity index is 413. The monoisotopic (exact) mass is 247 g/mol. The molecular weight excluding hydrogens is 226 g/mol. The van der Waals surface area contributed by atoms with Crippen LogP contribution in [0, 0.1) is 6.92 Å². The summed E-state index contributed by atoms with van der Waals surface area (Å²) in [6.07, 6.45) is 5.66. The number of carbonyl (C=O) groups excluding carboxylic acids is 1. The summed E-state index contributed by atoms with van der Waals surface area (Å²) in [6, 6.07) is 2.23. The van der Waals surface area contributed by atoms with Gasteiger partial charge in [-0.25, -0.2) is 0 Å². The molecule has 1 saturated heterocycles. The van der Waals surface area contributed by atoms with E-state index in [9.17, 15) is 4.79 Å². The Hall–Kier alpha value is -1.42. The number of hydrogen-bond donors (Lipinski definition) is 1. The first kappa shape index (κ1) is 13.0. The summed E-state index contributed by atoms with van der Waals surface area (Å²) < 4.78 is 0. The van der Waals surface area contributed by atoms with Crippen molar-refractivity contribution in [1.29, 1.82) is 0 Å². The number of aromatic nitrogens is 1. The molecule has 1 unspecified atom stereocenters. The molecule has 1 aromatic heterocycles. The Labute approximate surface area is 108 Å². The number of piperidine rings is 1.